The predicted molar refractivity (Wildman–Crippen MR) is 53.9 cm³/mol. The van der Waals surface area contributed by atoms with Gasteiger partial charge in [0.2, 0.25) is 0 Å². The average Bonchev–Trinajstić information content (AvgIpc) is 1.86. The van der Waals surface area contributed by atoms with E-state index in [1.54, 1.807) is 0 Å². The van der Waals surface area contributed by atoms with Crippen LogP contribution in [0.15, 0.2) is 24.3 Å². The van der Waals surface area contributed by atoms with Crippen molar-refractivity contribution in [2.75, 3.05) is 0 Å². The molecule has 0 nitrogen and oxygen atoms in total. The number of hydrogen-bond acceptors (Lipinski definition) is 0. The Labute approximate surface area is 71.2 Å². The number of benzene rings is 1. The molecule has 1 aromatic rings. The van der Waals surface area contributed by atoms with Crippen LogP contribution in [0.25, 0.3) is 0 Å². The van der Waals surface area contributed by atoms with E-state index < -0.39 is 0 Å². The molecule has 1 atom stereocenters. The lowest BCUT2D eigenvalue weighted by atomic mass is 9.97. The molecule has 0 aromatic heterocycles. The van der Waals surface area contributed by atoms with Gasteiger partial charge >= 0.3 is 0 Å². The van der Waals surface area contributed by atoms with Crippen molar-refractivity contribution in [1.82, 2.24) is 0 Å². The van der Waals surface area contributed by atoms with Gasteiger partial charge in [-0.2, -0.15) is 0 Å². The summed E-state index contributed by atoms with van der Waals surface area (Å²) in [5.74, 6) is 0. The summed E-state index contributed by atoms with van der Waals surface area (Å²) in [6.07, 6.45) is 0. The van der Waals surface area contributed by atoms with Crippen LogP contribution < -0.4 is 0 Å². The third-order valence-electron chi connectivity index (χ3n) is 1.84. The summed E-state index contributed by atoms with van der Waals surface area (Å²) in [7, 11) is 2.86. The molecular weight excluding hydrogens is 151 g/mol. The van der Waals surface area contributed by atoms with Crippen LogP contribution in [-0.2, 0) is 5.16 Å². The van der Waals surface area contributed by atoms with E-state index in [-0.39, 0.29) is 5.16 Å². The standard InChI is InChI=1S/C10H15P/c1-8-6-4-5-7-9(8)10(2,3)11/h4-7H,11H2,1-3H3. The zero-order chi connectivity index (χ0) is 8.48. The van der Waals surface area contributed by atoms with Crippen molar-refractivity contribution in [3.63, 3.8) is 0 Å². The molecular formula is C10H15P. The molecule has 0 heterocycles. The van der Waals surface area contributed by atoms with Crippen molar-refractivity contribution in [2.45, 2.75) is 25.9 Å². The first-order valence-electron chi connectivity index (χ1n) is 3.87. The Morgan fingerprint density at radius 2 is 1.73 bits per heavy atom. The number of rotatable bonds is 1. The van der Waals surface area contributed by atoms with Crippen LogP contribution in [0.4, 0.5) is 0 Å². The summed E-state index contributed by atoms with van der Waals surface area (Å²) >= 11 is 0. The molecule has 0 spiro atoms. The monoisotopic (exact) mass is 166 g/mol. The second-order valence-corrected chi connectivity index (χ2v) is 4.98. The largest absolute Gasteiger partial charge is 0.127 e. The van der Waals surface area contributed by atoms with Gasteiger partial charge in [-0.15, -0.1) is 9.24 Å². The predicted octanol–water partition coefficient (Wildman–Crippen LogP) is 3.11. The van der Waals surface area contributed by atoms with E-state index in [2.05, 4.69) is 54.3 Å². The van der Waals surface area contributed by atoms with Gasteiger partial charge in [-0.1, -0.05) is 38.1 Å². The quantitative estimate of drug-likeness (QED) is 0.562. The van der Waals surface area contributed by atoms with Crippen LogP contribution in [0.2, 0.25) is 0 Å². The minimum Gasteiger partial charge on any atom is -0.127 e. The van der Waals surface area contributed by atoms with E-state index in [0.717, 1.165) is 0 Å². The first kappa shape index (κ1) is 8.74. The highest BCUT2D eigenvalue weighted by Gasteiger charge is 2.14. The first-order valence-corrected chi connectivity index (χ1v) is 4.44. The van der Waals surface area contributed by atoms with Gasteiger partial charge in [-0.3, -0.25) is 0 Å². The summed E-state index contributed by atoms with van der Waals surface area (Å²) in [5, 5.41) is 0.200. The topological polar surface area (TPSA) is 0 Å². The van der Waals surface area contributed by atoms with Crippen LogP contribution in [0.5, 0.6) is 0 Å². The Hall–Kier alpha value is -0.350. The van der Waals surface area contributed by atoms with Crippen molar-refractivity contribution in [3.8, 4) is 0 Å². The Kier molecular flexibility index (Phi) is 2.34. The Morgan fingerprint density at radius 1 is 1.18 bits per heavy atom. The highest BCUT2D eigenvalue weighted by Crippen LogP contribution is 2.31. The Balaban J connectivity index is 3.14. The SMILES string of the molecule is Cc1ccccc1C(C)(C)P. The van der Waals surface area contributed by atoms with E-state index in [9.17, 15) is 0 Å². The fraction of sp³-hybridized carbons (Fsp3) is 0.400. The molecule has 0 aliphatic rings. The lowest BCUT2D eigenvalue weighted by Crippen LogP contribution is -2.08. The summed E-state index contributed by atoms with van der Waals surface area (Å²) in [6.45, 7) is 6.57. The zero-order valence-electron chi connectivity index (χ0n) is 7.39. The van der Waals surface area contributed by atoms with Gasteiger partial charge in [-0.25, -0.2) is 0 Å². The van der Waals surface area contributed by atoms with Gasteiger partial charge in [0.25, 0.3) is 0 Å². The molecule has 1 rings (SSSR count). The molecule has 0 saturated carbocycles. The molecule has 0 aliphatic heterocycles. The first-order chi connectivity index (χ1) is 5.02. The molecule has 60 valence electrons. The number of aryl methyl sites for hydroxylation is 1. The highest BCUT2D eigenvalue weighted by atomic mass is 31.0. The van der Waals surface area contributed by atoms with Gasteiger partial charge in [0.05, 0.1) is 0 Å². The van der Waals surface area contributed by atoms with Crippen molar-refractivity contribution in [3.05, 3.63) is 35.4 Å². The van der Waals surface area contributed by atoms with Crippen LogP contribution in [0, 0.1) is 6.92 Å². The van der Waals surface area contributed by atoms with Gasteiger partial charge in [0, 0.05) is 5.16 Å². The fourth-order valence-electron chi connectivity index (χ4n) is 1.30. The molecule has 1 unspecified atom stereocenters. The van der Waals surface area contributed by atoms with Crippen LogP contribution >= 0.6 is 9.24 Å². The molecule has 0 N–H and O–H groups in total. The molecule has 1 aromatic carbocycles. The van der Waals surface area contributed by atoms with Crippen LogP contribution in [0.1, 0.15) is 25.0 Å². The van der Waals surface area contributed by atoms with E-state index in [4.69, 9.17) is 0 Å². The Morgan fingerprint density at radius 3 is 2.09 bits per heavy atom. The third-order valence-corrected chi connectivity index (χ3v) is 2.15. The van der Waals surface area contributed by atoms with E-state index in [1.807, 2.05) is 0 Å². The maximum absolute atomic E-state index is 2.86. The minimum absolute atomic E-state index is 0.200. The number of hydrogen-bond donors (Lipinski definition) is 0. The van der Waals surface area contributed by atoms with Gasteiger partial charge in [0.15, 0.2) is 0 Å². The summed E-state index contributed by atoms with van der Waals surface area (Å²) in [6, 6.07) is 8.51. The normalized spacial score (nSPS) is 11.6. The van der Waals surface area contributed by atoms with E-state index in [1.165, 1.54) is 11.1 Å². The van der Waals surface area contributed by atoms with Gasteiger partial charge < -0.3 is 0 Å². The van der Waals surface area contributed by atoms with Crippen LogP contribution in [0.3, 0.4) is 0 Å². The second-order valence-electron chi connectivity index (χ2n) is 3.54. The maximum Gasteiger partial charge on any atom is 0.00439 e. The summed E-state index contributed by atoms with van der Waals surface area (Å²) in [4.78, 5) is 0. The van der Waals surface area contributed by atoms with Crippen LogP contribution in [-0.4, -0.2) is 0 Å². The molecule has 0 bridgehead atoms. The molecule has 0 radical (unpaired) electrons. The van der Waals surface area contributed by atoms with E-state index >= 15 is 0 Å². The molecule has 0 fully saturated rings. The maximum atomic E-state index is 2.86. The summed E-state index contributed by atoms with van der Waals surface area (Å²) < 4.78 is 0. The lowest BCUT2D eigenvalue weighted by Gasteiger charge is -2.20. The summed E-state index contributed by atoms with van der Waals surface area (Å²) in [5.41, 5.74) is 2.78. The minimum atomic E-state index is 0.200. The van der Waals surface area contributed by atoms with Crippen molar-refractivity contribution in [2.24, 2.45) is 0 Å². The second kappa shape index (κ2) is 2.95. The molecule has 11 heavy (non-hydrogen) atoms. The van der Waals surface area contributed by atoms with Crippen molar-refractivity contribution >= 4 is 9.24 Å². The molecule has 0 aliphatic carbocycles. The fourth-order valence-corrected chi connectivity index (χ4v) is 1.62. The van der Waals surface area contributed by atoms with Crippen molar-refractivity contribution in [1.29, 1.82) is 0 Å². The molecule has 1 heteroatoms. The highest BCUT2D eigenvalue weighted by molar-refractivity contribution is 7.18. The third kappa shape index (κ3) is 2.04. The molecule has 0 saturated heterocycles. The van der Waals surface area contributed by atoms with Crippen molar-refractivity contribution < 1.29 is 0 Å². The zero-order valence-corrected chi connectivity index (χ0v) is 8.54. The van der Waals surface area contributed by atoms with E-state index in [0.29, 0.717) is 0 Å². The van der Waals surface area contributed by atoms with Gasteiger partial charge in [-0.05, 0) is 18.1 Å². The molecule has 0 amide bonds. The van der Waals surface area contributed by atoms with Gasteiger partial charge in [0.1, 0.15) is 0 Å². The average molecular weight is 166 g/mol. The Bertz CT molecular complexity index is 245. The lowest BCUT2D eigenvalue weighted by molar-refractivity contribution is 0.775. The smallest absolute Gasteiger partial charge is 0.00439 e.